The van der Waals surface area contributed by atoms with Gasteiger partial charge in [-0.3, -0.25) is 0 Å². The number of benzene rings is 1. The summed E-state index contributed by atoms with van der Waals surface area (Å²) < 4.78 is 24.6. The number of hydrogen-bond donors (Lipinski definition) is 0. The van der Waals surface area contributed by atoms with Crippen molar-refractivity contribution in [3.8, 4) is 34.2 Å². The molecule has 0 fully saturated rings. The molecule has 5 aromatic rings. The van der Waals surface area contributed by atoms with Crippen molar-refractivity contribution in [2.24, 2.45) is 0 Å². The third kappa shape index (κ3) is 4.11. The fourth-order valence-electron chi connectivity index (χ4n) is 3.37. The average Bonchev–Trinajstić information content (AvgIpc) is 3.63. The Kier molecular flexibility index (Phi) is 5.95. The van der Waals surface area contributed by atoms with Crippen LogP contribution in [0, 0.1) is 11.3 Å². The van der Waals surface area contributed by atoms with Gasteiger partial charge in [0.1, 0.15) is 29.4 Å². The smallest absolute Gasteiger partial charge is 0.294 e. The third-order valence-electron chi connectivity index (χ3n) is 5.10. The van der Waals surface area contributed by atoms with Crippen LogP contribution in [0.2, 0.25) is 0 Å². The maximum atomic E-state index is 8.79. The zero-order valence-electron chi connectivity index (χ0n) is 18.6. The molecule has 0 spiro atoms. The van der Waals surface area contributed by atoms with E-state index in [9.17, 15) is 0 Å². The second-order valence-electron chi connectivity index (χ2n) is 7.30. The lowest BCUT2D eigenvalue weighted by molar-refractivity contribution is 0.303. The summed E-state index contributed by atoms with van der Waals surface area (Å²) in [6.45, 7) is 0.914. The predicted octanol–water partition coefficient (Wildman–Crippen LogP) is 4.61. The van der Waals surface area contributed by atoms with E-state index < -0.39 is 0 Å². The van der Waals surface area contributed by atoms with Crippen molar-refractivity contribution in [1.82, 2.24) is 19.6 Å². The summed E-state index contributed by atoms with van der Waals surface area (Å²) in [6, 6.07) is 7.70. The van der Waals surface area contributed by atoms with Gasteiger partial charge in [-0.25, -0.2) is 9.97 Å². The molecule has 0 N–H and O–H groups in total. The Labute approximate surface area is 202 Å². The second kappa shape index (κ2) is 9.20. The van der Waals surface area contributed by atoms with Gasteiger partial charge in [0.05, 0.1) is 44.0 Å². The van der Waals surface area contributed by atoms with Crippen LogP contribution in [0.5, 0.6) is 16.7 Å². The van der Waals surface area contributed by atoms with Crippen LogP contribution in [-0.4, -0.2) is 47.4 Å². The molecule has 34 heavy (non-hydrogen) atoms. The van der Waals surface area contributed by atoms with Gasteiger partial charge < -0.3 is 23.5 Å². The zero-order valence-corrected chi connectivity index (χ0v) is 20.3. The molecule has 1 aromatic carbocycles. The maximum Gasteiger partial charge on any atom is 0.294 e. The lowest BCUT2D eigenvalue weighted by atomic mass is 10.2. The molecule has 10 nitrogen and oxygen atoms in total. The number of imidazole rings is 1. The number of fused-ring (bicyclic) bond motifs is 2. The predicted molar refractivity (Wildman–Crippen MR) is 129 cm³/mol. The maximum absolute atomic E-state index is 8.79. The molecule has 0 saturated heterocycles. The quantitative estimate of drug-likeness (QED) is 0.289. The van der Waals surface area contributed by atoms with E-state index in [1.165, 1.54) is 22.7 Å². The Bertz CT molecular complexity index is 1490. The molecule has 0 aliphatic heterocycles. The molecule has 0 amide bonds. The van der Waals surface area contributed by atoms with Gasteiger partial charge in [0.25, 0.3) is 5.19 Å². The highest BCUT2D eigenvalue weighted by molar-refractivity contribution is 7.18. The van der Waals surface area contributed by atoms with E-state index in [-0.39, 0.29) is 6.61 Å². The Morgan fingerprint density at radius 3 is 2.91 bits per heavy atom. The highest BCUT2D eigenvalue weighted by atomic mass is 32.1. The first-order valence-corrected chi connectivity index (χ1v) is 11.9. The van der Waals surface area contributed by atoms with Crippen LogP contribution in [0.3, 0.4) is 0 Å². The summed E-state index contributed by atoms with van der Waals surface area (Å²) in [4.78, 5) is 11.7. The molecule has 0 saturated carbocycles. The number of ether oxygens (including phenoxy) is 3. The minimum absolute atomic E-state index is 0.283. The van der Waals surface area contributed by atoms with Crippen molar-refractivity contribution in [2.75, 3.05) is 32.7 Å². The molecule has 0 atom stereocenters. The molecule has 12 heteroatoms. The van der Waals surface area contributed by atoms with E-state index in [2.05, 4.69) is 21.1 Å². The van der Waals surface area contributed by atoms with Crippen LogP contribution in [0.15, 0.2) is 34.2 Å². The topological polar surface area (TPSA) is 111 Å². The van der Waals surface area contributed by atoms with E-state index in [0.29, 0.717) is 51.7 Å². The van der Waals surface area contributed by atoms with Gasteiger partial charge in [0.2, 0.25) is 4.96 Å². The minimum Gasteiger partial charge on any atom is -0.496 e. The van der Waals surface area contributed by atoms with Crippen molar-refractivity contribution in [3.63, 3.8) is 0 Å². The molecule has 0 radical (unpaired) electrons. The average molecular weight is 497 g/mol. The van der Waals surface area contributed by atoms with Crippen molar-refractivity contribution in [2.45, 2.75) is 13.0 Å². The van der Waals surface area contributed by atoms with Crippen molar-refractivity contribution in [1.29, 1.82) is 5.26 Å². The molecule has 0 unspecified atom stereocenters. The number of rotatable bonds is 9. The Morgan fingerprint density at radius 1 is 1.24 bits per heavy atom. The lowest BCUT2D eigenvalue weighted by Gasteiger charge is -2.12. The van der Waals surface area contributed by atoms with Crippen molar-refractivity contribution >= 4 is 43.7 Å². The molecule has 5 rings (SSSR count). The number of aromatic nitrogens is 4. The highest BCUT2D eigenvalue weighted by Crippen LogP contribution is 2.38. The summed E-state index contributed by atoms with van der Waals surface area (Å²) in [5.41, 5.74) is 2.13. The number of furan rings is 1. The van der Waals surface area contributed by atoms with Crippen molar-refractivity contribution in [3.05, 3.63) is 35.5 Å². The standard InChI is InChI=1S/C22H20N6O4S2/c1-27(6-4-5-23)21-25-13(12-33-21)11-31-17-7-14(29-2)8-18-15(17)9-19(32-18)16-10-24-20-28(16)26-22(30-3)34-20/h7-10,12H,4,6,11H2,1-3H3. The summed E-state index contributed by atoms with van der Waals surface area (Å²) in [5, 5.41) is 17.3. The number of nitriles is 1. The Morgan fingerprint density at radius 2 is 2.12 bits per heavy atom. The van der Waals surface area contributed by atoms with Crippen LogP contribution in [-0.2, 0) is 6.61 Å². The van der Waals surface area contributed by atoms with Gasteiger partial charge >= 0.3 is 0 Å². The van der Waals surface area contributed by atoms with Gasteiger partial charge in [-0.1, -0.05) is 0 Å². The minimum atomic E-state index is 0.283. The largest absolute Gasteiger partial charge is 0.496 e. The molecule has 4 heterocycles. The van der Waals surface area contributed by atoms with Crippen LogP contribution in [0.4, 0.5) is 5.13 Å². The van der Waals surface area contributed by atoms with Gasteiger partial charge in [0.15, 0.2) is 10.9 Å². The first-order chi connectivity index (χ1) is 16.6. The fourth-order valence-corrected chi connectivity index (χ4v) is 4.87. The summed E-state index contributed by atoms with van der Waals surface area (Å²) in [5.74, 6) is 1.84. The monoisotopic (exact) mass is 496 g/mol. The second-order valence-corrected chi connectivity index (χ2v) is 9.05. The zero-order chi connectivity index (χ0) is 23.7. The normalized spacial score (nSPS) is 11.1. The lowest BCUT2D eigenvalue weighted by Crippen LogP contribution is -2.17. The number of anilines is 1. The number of hydrogen-bond acceptors (Lipinski definition) is 11. The van der Waals surface area contributed by atoms with E-state index in [1.54, 1.807) is 24.9 Å². The first kappa shape index (κ1) is 22.0. The number of thiazole rings is 1. The summed E-state index contributed by atoms with van der Waals surface area (Å²) in [7, 11) is 5.09. The van der Waals surface area contributed by atoms with Crippen LogP contribution in [0.25, 0.3) is 27.4 Å². The number of methoxy groups -OCH3 is 2. The van der Waals surface area contributed by atoms with E-state index in [1.807, 2.05) is 35.5 Å². The molecular formula is C22H20N6O4S2. The molecule has 0 aliphatic carbocycles. The fraction of sp³-hybridized carbons (Fsp3) is 0.273. The Hall–Kier alpha value is -3.82. The number of nitrogens with zero attached hydrogens (tertiary/aromatic N) is 6. The van der Waals surface area contributed by atoms with E-state index in [4.69, 9.17) is 23.9 Å². The highest BCUT2D eigenvalue weighted by Gasteiger charge is 2.19. The van der Waals surface area contributed by atoms with Crippen LogP contribution < -0.4 is 19.1 Å². The molecule has 174 valence electrons. The first-order valence-electron chi connectivity index (χ1n) is 10.3. The van der Waals surface area contributed by atoms with Crippen LogP contribution >= 0.6 is 22.7 Å². The molecular weight excluding hydrogens is 476 g/mol. The Balaban J connectivity index is 1.43. The molecule has 0 bridgehead atoms. The van der Waals surface area contributed by atoms with E-state index >= 15 is 0 Å². The van der Waals surface area contributed by atoms with Gasteiger partial charge in [0, 0.05) is 31.1 Å². The van der Waals surface area contributed by atoms with Gasteiger partial charge in [-0.05, 0) is 17.4 Å². The van der Waals surface area contributed by atoms with Crippen LogP contribution in [0.1, 0.15) is 12.1 Å². The molecule has 0 aliphatic rings. The SMILES string of the molecule is COc1cc(OCc2csc(N(C)CCC#N)n2)c2cc(-c3cnc4sc(OC)nn34)oc2c1. The van der Waals surface area contributed by atoms with Gasteiger partial charge in [-0.2, -0.15) is 9.78 Å². The summed E-state index contributed by atoms with van der Waals surface area (Å²) >= 11 is 2.87. The van der Waals surface area contributed by atoms with Crippen molar-refractivity contribution < 1.29 is 18.6 Å². The summed E-state index contributed by atoms with van der Waals surface area (Å²) in [6.07, 6.45) is 2.16. The third-order valence-corrected chi connectivity index (χ3v) is 6.99. The van der Waals surface area contributed by atoms with Gasteiger partial charge in [-0.15, -0.1) is 16.4 Å². The molecule has 4 aromatic heterocycles. The van der Waals surface area contributed by atoms with E-state index in [0.717, 1.165) is 16.2 Å².